The fourth-order valence-electron chi connectivity index (χ4n) is 3.28. The van der Waals surface area contributed by atoms with Crippen LogP contribution >= 0.6 is 11.6 Å². The third-order valence-electron chi connectivity index (χ3n) is 4.60. The van der Waals surface area contributed by atoms with Gasteiger partial charge in [0.15, 0.2) is 11.5 Å². The highest BCUT2D eigenvalue weighted by molar-refractivity contribution is 6.30. The number of allylic oxidation sites excluding steroid dienone is 2. The van der Waals surface area contributed by atoms with Crippen LogP contribution < -0.4 is 9.47 Å². The molecule has 0 bridgehead atoms. The molecule has 1 aliphatic heterocycles. The maximum atomic E-state index is 14.5. The maximum Gasteiger partial charge on any atom is 0.330 e. The summed E-state index contributed by atoms with van der Waals surface area (Å²) in [5, 5.41) is 9.77. The molecular weight excluding hydrogens is 430 g/mol. The minimum atomic E-state index is -1.76. The highest BCUT2D eigenvalue weighted by atomic mass is 35.5. The number of hydrogen-bond acceptors (Lipinski definition) is 5. The molecule has 2 aromatic rings. The van der Waals surface area contributed by atoms with Crippen molar-refractivity contribution in [1.29, 1.82) is 0 Å². The van der Waals surface area contributed by atoms with Crippen LogP contribution in [0.1, 0.15) is 31.4 Å². The molecule has 0 spiro atoms. The van der Waals surface area contributed by atoms with Crippen molar-refractivity contribution in [3.8, 4) is 11.5 Å². The van der Waals surface area contributed by atoms with Crippen molar-refractivity contribution in [3.63, 3.8) is 0 Å². The van der Waals surface area contributed by atoms with E-state index < -0.39 is 29.0 Å². The number of hydrogen-bond donors (Lipinski definition) is 1. The predicted octanol–water partition coefficient (Wildman–Crippen LogP) is 5.15. The number of para-hydroxylation sites is 1. The zero-order valence-corrected chi connectivity index (χ0v) is 17.7. The van der Waals surface area contributed by atoms with E-state index >= 15 is 0 Å². The molecule has 8 heteroatoms. The average Bonchev–Trinajstić information content (AvgIpc) is 3.04. The monoisotopic (exact) mass is 450 g/mol. The number of carbonyl (C=O) groups is 1. The first-order valence-corrected chi connectivity index (χ1v) is 9.96. The van der Waals surface area contributed by atoms with Crippen LogP contribution in [-0.2, 0) is 15.3 Å². The summed E-state index contributed by atoms with van der Waals surface area (Å²) in [6.45, 7) is 3.06. The molecule has 1 aliphatic rings. The lowest BCUT2D eigenvalue weighted by molar-refractivity contribution is -0.137. The fraction of sp³-hybridized carbons (Fsp3) is 0.261. The van der Waals surface area contributed by atoms with Crippen LogP contribution in [0.15, 0.2) is 48.6 Å². The molecule has 0 fully saturated rings. The summed E-state index contributed by atoms with van der Waals surface area (Å²) in [4.78, 5) is 11.4. The minimum Gasteiger partial charge on any atom is -0.463 e. The van der Waals surface area contributed by atoms with Gasteiger partial charge in [0.1, 0.15) is 17.2 Å². The van der Waals surface area contributed by atoms with E-state index in [1.807, 2.05) is 0 Å². The Hall–Kier alpha value is -2.90. The molecule has 2 aromatic carbocycles. The second-order valence-electron chi connectivity index (χ2n) is 6.80. The van der Waals surface area contributed by atoms with Crippen LogP contribution in [0.4, 0.5) is 8.78 Å². The van der Waals surface area contributed by atoms with E-state index in [2.05, 4.69) is 0 Å². The van der Waals surface area contributed by atoms with Crippen molar-refractivity contribution in [1.82, 2.24) is 0 Å². The number of ether oxygens (including phenoxy) is 3. The number of benzene rings is 2. The lowest BCUT2D eigenvalue weighted by Crippen LogP contribution is -2.34. The zero-order valence-electron chi connectivity index (χ0n) is 17.0. The van der Waals surface area contributed by atoms with E-state index in [0.29, 0.717) is 17.6 Å². The number of esters is 1. The van der Waals surface area contributed by atoms with Crippen molar-refractivity contribution in [2.75, 3.05) is 13.2 Å². The van der Waals surface area contributed by atoms with Gasteiger partial charge in [0, 0.05) is 23.6 Å². The second-order valence-corrected chi connectivity index (χ2v) is 7.24. The predicted molar refractivity (Wildman–Crippen MR) is 112 cm³/mol. The summed E-state index contributed by atoms with van der Waals surface area (Å²) in [5.74, 6) is -3.50. The van der Waals surface area contributed by atoms with Gasteiger partial charge in [0.25, 0.3) is 5.79 Å². The summed E-state index contributed by atoms with van der Waals surface area (Å²) in [6, 6.07) is 6.94. The lowest BCUT2D eigenvalue weighted by atomic mass is 10.0. The molecule has 5 nitrogen and oxygen atoms in total. The van der Waals surface area contributed by atoms with Gasteiger partial charge in [0.05, 0.1) is 13.2 Å². The second kappa shape index (κ2) is 9.49. The molecule has 164 valence electrons. The van der Waals surface area contributed by atoms with E-state index in [0.717, 1.165) is 12.1 Å². The molecule has 0 amide bonds. The SMILES string of the molecule is CCOC(=O)/C=C\C/C=C(\CO)c1cccc2c1OC(C)(c1c(F)cc(Cl)cc1F)O2. The van der Waals surface area contributed by atoms with Crippen LogP contribution in [0.25, 0.3) is 5.57 Å². The number of aliphatic hydroxyl groups is 1. The van der Waals surface area contributed by atoms with E-state index in [1.54, 1.807) is 37.3 Å². The molecule has 1 N–H and O–H groups in total. The standard InChI is InChI=1S/C23H21ClF2O5/c1-3-29-20(28)10-5-4-7-14(13-27)16-8-6-9-19-22(16)31-23(2,30-19)21-17(25)11-15(24)12-18(21)26/h5-12,27H,3-4,13H2,1-2H3/b10-5-,14-7+. The van der Waals surface area contributed by atoms with Crippen LogP contribution in [0, 0.1) is 11.6 Å². The molecule has 0 saturated heterocycles. The highest BCUT2D eigenvalue weighted by Crippen LogP contribution is 2.48. The molecule has 3 rings (SSSR count). The van der Waals surface area contributed by atoms with Gasteiger partial charge in [-0.3, -0.25) is 0 Å². The summed E-state index contributed by atoms with van der Waals surface area (Å²) in [6.07, 6.45) is 4.94. The van der Waals surface area contributed by atoms with Gasteiger partial charge >= 0.3 is 5.97 Å². The third-order valence-corrected chi connectivity index (χ3v) is 4.82. The van der Waals surface area contributed by atoms with Crippen molar-refractivity contribution in [2.45, 2.75) is 26.1 Å². The number of aliphatic hydroxyl groups excluding tert-OH is 1. The number of carbonyl (C=O) groups excluding carboxylic acids is 1. The fourth-order valence-corrected chi connectivity index (χ4v) is 3.47. The van der Waals surface area contributed by atoms with Crippen LogP contribution in [0.3, 0.4) is 0 Å². The van der Waals surface area contributed by atoms with Gasteiger partial charge < -0.3 is 19.3 Å². The first-order chi connectivity index (χ1) is 14.8. The Kier molecular flexibility index (Phi) is 6.97. The topological polar surface area (TPSA) is 65.0 Å². The Morgan fingerprint density at radius 2 is 1.97 bits per heavy atom. The maximum absolute atomic E-state index is 14.5. The first kappa shape index (κ1) is 22.8. The number of rotatable bonds is 7. The quantitative estimate of drug-likeness (QED) is 0.467. The van der Waals surface area contributed by atoms with Gasteiger partial charge in [-0.2, -0.15) is 0 Å². The normalized spacial score (nSPS) is 17.9. The van der Waals surface area contributed by atoms with Crippen molar-refractivity contribution in [3.05, 3.63) is 76.3 Å². The lowest BCUT2D eigenvalue weighted by Gasteiger charge is -2.24. The molecule has 0 aromatic heterocycles. The van der Waals surface area contributed by atoms with E-state index in [9.17, 15) is 18.7 Å². The van der Waals surface area contributed by atoms with Gasteiger partial charge in [0.2, 0.25) is 0 Å². The largest absolute Gasteiger partial charge is 0.463 e. The van der Waals surface area contributed by atoms with Crippen LogP contribution in [0.5, 0.6) is 11.5 Å². The summed E-state index contributed by atoms with van der Waals surface area (Å²) >= 11 is 5.72. The zero-order chi connectivity index (χ0) is 22.6. The third kappa shape index (κ3) is 4.89. The molecule has 0 aliphatic carbocycles. The molecule has 1 atom stereocenters. The summed E-state index contributed by atoms with van der Waals surface area (Å²) in [5.41, 5.74) is 0.587. The Morgan fingerprint density at radius 3 is 2.61 bits per heavy atom. The van der Waals surface area contributed by atoms with Crippen molar-refractivity contribution >= 4 is 23.1 Å². The number of halogens is 3. The molecule has 0 saturated carbocycles. The Morgan fingerprint density at radius 1 is 1.26 bits per heavy atom. The van der Waals surface area contributed by atoms with E-state index in [1.165, 1.54) is 13.0 Å². The van der Waals surface area contributed by atoms with Crippen molar-refractivity contribution in [2.24, 2.45) is 0 Å². The smallest absolute Gasteiger partial charge is 0.330 e. The summed E-state index contributed by atoms with van der Waals surface area (Å²) < 4.78 is 45.5. The van der Waals surface area contributed by atoms with Crippen LogP contribution in [0.2, 0.25) is 5.02 Å². The van der Waals surface area contributed by atoms with Gasteiger partial charge in [-0.25, -0.2) is 13.6 Å². The highest BCUT2D eigenvalue weighted by Gasteiger charge is 2.44. The molecule has 31 heavy (non-hydrogen) atoms. The van der Waals surface area contributed by atoms with Gasteiger partial charge in [-0.1, -0.05) is 35.9 Å². The van der Waals surface area contributed by atoms with E-state index in [-0.39, 0.29) is 29.7 Å². The first-order valence-electron chi connectivity index (χ1n) is 9.58. The number of fused-ring (bicyclic) bond motifs is 1. The average molecular weight is 451 g/mol. The molecular formula is C23H21ClF2O5. The molecule has 1 heterocycles. The van der Waals surface area contributed by atoms with Gasteiger partial charge in [-0.15, -0.1) is 0 Å². The van der Waals surface area contributed by atoms with Crippen molar-refractivity contribution < 1.29 is 32.9 Å². The minimum absolute atomic E-state index is 0.0834. The summed E-state index contributed by atoms with van der Waals surface area (Å²) in [7, 11) is 0. The van der Waals surface area contributed by atoms with Gasteiger partial charge in [-0.05, 0) is 37.1 Å². The Bertz CT molecular complexity index is 1030. The Balaban J connectivity index is 1.90. The van der Waals surface area contributed by atoms with Crippen LogP contribution in [-0.4, -0.2) is 24.3 Å². The molecule has 0 radical (unpaired) electrons. The Labute approximate surface area is 183 Å². The molecule has 1 unspecified atom stereocenters. The van der Waals surface area contributed by atoms with E-state index in [4.69, 9.17) is 25.8 Å².